The Morgan fingerprint density at radius 2 is 2.00 bits per heavy atom. The summed E-state index contributed by atoms with van der Waals surface area (Å²) in [5, 5.41) is 19.8. The van der Waals surface area contributed by atoms with E-state index in [0.29, 0.717) is 18.9 Å². The number of aliphatic hydroxyl groups is 2. The highest BCUT2D eigenvalue weighted by molar-refractivity contribution is 5.58. The second kappa shape index (κ2) is 6.75. The van der Waals surface area contributed by atoms with Crippen LogP contribution < -0.4 is 9.80 Å². The fourth-order valence-corrected chi connectivity index (χ4v) is 3.05. The maximum atomic E-state index is 10.4. The molecule has 1 aromatic carbocycles. The molecule has 1 saturated heterocycles. The predicted octanol–water partition coefficient (Wildman–Crippen LogP) is 1.88. The molecule has 6 heteroatoms. The third-order valence-corrected chi connectivity index (χ3v) is 4.45. The zero-order chi connectivity index (χ0) is 17.2. The van der Waals surface area contributed by atoms with Gasteiger partial charge in [0.15, 0.2) is 0 Å². The number of nitrogens with zero attached hydrogens (tertiary/aromatic N) is 4. The molecular formula is C18H24N4O2. The zero-order valence-corrected chi connectivity index (χ0v) is 14.2. The molecule has 1 aliphatic rings. The number of piperidine rings is 1. The van der Waals surface area contributed by atoms with Crippen molar-refractivity contribution in [3.05, 3.63) is 42.1 Å². The standard InChI is InChI=1S/C18H24N4O2/c1-14-11-16(22-10-6-9-18(24,12-22)13-23)20-17(19-14)21(2)15-7-4-3-5-8-15/h3-5,7-8,11,23-24H,6,9-10,12-13H2,1-2H3. The van der Waals surface area contributed by atoms with E-state index < -0.39 is 5.60 Å². The molecule has 0 radical (unpaired) electrons. The van der Waals surface area contributed by atoms with Gasteiger partial charge in [-0.2, -0.15) is 4.98 Å². The van der Waals surface area contributed by atoms with Gasteiger partial charge in [-0.05, 0) is 31.9 Å². The molecule has 2 heterocycles. The van der Waals surface area contributed by atoms with Crippen LogP contribution in [0.4, 0.5) is 17.5 Å². The van der Waals surface area contributed by atoms with Crippen molar-refractivity contribution in [2.24, 2.45) is 0 Å². The van der Waals surface area contributed by atoms with E-state index in [1.54, 1.807) is 0 Å². The van der Waals surface area contributed by atoms with Crippen molar-refractivity contribution in [2.75, 3.05) is 36.5 Å². The van der Waals surface area contributed by atoms with E-state index in [4.69, 9.17) is 0 Å². The Balaban J connectivity index is 1.89. The molecule has 1 atom stereocenters. The summed E-state index contributed by atoms with van der Waals surface area (Å²) in [6.07, 6.45) is 1.44. The summed E-state index contributed by atoms with van der Waals surface area (Å²) >= 11 is 0. The van der Waals surface area contributed by atoms with E-state index in [0.717, 1.165) is 30.2 Å². The fraction of sp³-hybridized carbons (Fsp3) is 0.444. The highest BCUT2D eigenvalue weighted by Gasteiger charge is 2.33. The monoisotopic (exact) mass is 328 g/mol. The first-order valence-electron chi connectivity index (χ1n) is 8.23. The number of aryl methyl sites for hydroxylation is 1. The van der Waals surface area contributed by atoms with Crippen LogP contribution in [0.5, 0.6) is 0 Å². The van der Waals surface area contributed by atoms with Gasteiger partial charge in [-0.1, -0.05) is 18.2 Å². The first-order valence-corrected chi connectivity index (χ1v) is 8.23. The molecule has 0 amide bonds. The fourth-order valence-electron chi connectivity index (χ4n) is 3.05. The van der Waals surface area contributed by atoms with Crippen LogP contribution in [0.1, 0.15) is 18.5 Å². The number of hydrogen-bond acceptors (Lipinski definition) is 6. The van der Waals surface area contributed by atoms with Crippen molar-refractivity contribution >= 4 is 17.5 Å². The van der Waals surface area contributed by atoms with Crippen LogP contribution in [0.3, 0.4) is 0 Å². The number of aliphatic hydroxyl groups excluding tert-OH is 1. The SMILES string of the molecule is Cc1cc(N2CCCC(O)(CO)C2)nc(N(C)c2ccccc2)n1. The quantitative estimate of drug-likeness (QED) is 0.893. The van der Waals surface area contributed by atoms with Gasteiger partial charge in [-0.3, -0.25) is 0 Å². The van der Waals surface area contributed by atoms with Crippen LogP contribution in [0.25, 0.3) is 0 Å². The summed E-state index contributed by atoms with van der Waals surface area (Å²) in [6.45, 7) is 2.90. The minimum atomic E-state index is -1.05. The number of rotatable bonds is 4. The minimum Gasteiger partial charge on any atom is -0.393 e. The van der Waals surface area contributed by atoms with E-state index in [-0.39, 0.29) is 6.61 Å². The minimum absolute atomic E-state index is 0.232. The third kappa shape index (κ3) is 3.49. The molecule has 2 aromatic rings. The molecule has 1 unspecified atom stereocenters. The Morgan fingerprint density at radius 1 is 1.25 bits per heavy atom. The number of para-hydroxylation sites is 1. The van der Waals surface area contributed by atoms with Crippen LogP contribution >= 0.6 is 0 Å². The van der Waals surface area contributed by atoms with Crippen LogP contribution in [-0.4, -0.2) is 52.5 Å². The lowest BCUT2D eigenvalue weighted by Gasteiger charge is -2.38. The van der Waals surface area contributed by atoms with Crippen molar-refractivity contribution in [2.45, 2.75) is 25.4 Å². The van der Waals surface area contributed by atoms with Crippen LogP contribution in [0.2, 0.25) is 0 Å². The summed E-state index contributed by atoms with van der Waals surface area (Å²) < 4.78 is 0. The van der Waals surface area contributed by atoms with Crippen molar-refractivity contribution < 1.29 is 10.2 Å². The molecule has 2 N–H and O–H groups in total. The molecule has 1 aromatic heterocycles. The van der Waals surface area contributed by atoms with Crippen LogP contribution in [-0.2, 0) is 0 Å². The summed E-state index contributed by atoms with van der Waals surface area (Å²) in [7, 11) is 1.94. The predicted molar refractivity (Wildman–Crippen MR) is 94.8 cm³/mol. The van der Waals surface area contributed by atoms with Gasteiger partial charge < -0.3 is 20.0 Å². The molecule has 6 nitrogen and oxygen atoms in total. The highest BCUT2D eigenvalue weighted by atomic mass is 16.3. The average molecular weight is 328 g/mol. The number of aromatic nitrogens is 2. The largest absolute Gasteiger partial charge is 0.393 e. The molecule has 1 fully saturated rings. The third-order valence-electron chi connectivity index (χ3n) is 4.45. The smallest absolute Gasteiger partial charge is 0.231 e. The first-order chi connectivity index (χ1) is 11.5. The Labute approximate surface area is 142 Å². The van der Waals surface area contributed by atoms with Gasteiger partial charge in [-0.25, -0.2) is 4.98 Å². The maximum Gasteiger partial charge on any atom is 0.231 e. The number of hydrogen-bond donors (Lipinski definition) is 2. The number of anilines is 3. The van der Waals surface area contributed by atoms with E-state index in [2.05, 4.69) is 9.97 Å². The second-order valence-corrected chi connectivity index (χ2v) is 6.47. The van der Waals surface area contributed by atoms with E-state index in [9.17, 15) is 10.2 Å². The second-order valence-electron chi connectivity index (χ2n) is 6.47. The van der Waals surface area contributed by atoms with Gasteiger partial charge in [-0.15, -0.1) is 0 Å². The van der Waals surface area contributed by atoms with Crippen LogP contribution in [0.15, 0.2) is 36.4 Å². The van der Waals surface area contributed by atoms with E-state index in [1.807, 2.05) is 60.2 Å². The molecule has 1 aliphatic heterocycles. The van der Waals surface area contributed by atoms with Gasteiger partial charge in [0.1, 0.15) is 11.4 Å². The summed E-state index contributed by atoms with van der Waals surface area (Å²) in [5.74, 6) is 1.40. The number of benzene rings is 1. The van der Waals surface area contributed by atoms with Gasteiger partial charge >= 0.3 is 0 Å². The normalized spacial score (nSPS) is 20.9. The first kappa shape index (κ1) is 16.7. The Hall–Kier alpha value is -2.18. The lowest BCUT2D eigenvalue weighted by atomic mass is 9.94. The van der Waals surface area contributed by atoms with Gasteiger partial charge in [0.2, 0.25) is 5.95 Å². The average Bonchev–Trinajstić information content (AvgIpc) is 2.61. The molecule has 0 bridgehead atoms. The van der Waals surface area contributed by atoms with Gasteiger partial charge in [0, 0.05) is 31.0 Å². The van der Waals surface area contributed by atoms with Gasteiger partial charge in [0.05, 0.1) is 13.2 Å². The molecule has 24 heavy (non-hydrogen) atoms. The van der Waals surface area contributed by atoms with E-state index in [1.165, 1.54) is 0 Å². The Kier molecular flexibility index (Phi) is 4.69. The zero-order valence-electron chi connectivity index (χ0n) is 14.2. The van der Waals surface area contributed by atoms with Crippen molar-refractivity contribution in [3.8, 4) is 0 Å². The van der Waals surface area contributed by atoms with Crippen molar-refractivity contribution in [1.82, 2.24) is 9.97 Å². The lowest BCUT2D eigenvalue weighted by molar-refractivity contribution is -0.0242. The summed E-state index contributed by atoms with van der Waals surface area (Å²) in [4.78, 5) is 13.2. The molecule has 128 valence electrons. The molecule has 0 saturated carbocycles. The summed E-state index contributed by atoms with van der Waals surface area (Å²) in [5.41, 5.74) is 0.832. The molecule has 0 aliphatic carbocycles. The maximum absolute atomic E-state index is 10.4. The number of β-amino-alcohol motifs (C(OH)–C–C–N with tert-alkyl or cyclic N) is 1. The van der Waals surface area contributed by atoms with Crippen LogP contribution in [0, 0.1) is 6.92 Å². The highest BCUT2D eigenvalue weighted by Crippen LogP contribution is 2.27. The molecular weight excluding hydrogens is 304 g/mol. The van der Waals surface area contributed by atoms with E-state index >= 15 is 0 Å². The van der Waals surface area contributed by atoms with Crippen molar-refractivity contribution in [3.63, 3.8) is 0 Å². The summed E-state index contributed by atoms with van der Waals surface area (Å²) in [6, 6.07) is 11.9. The lowest BCUT2D eigenvalue weighted by Crippen LogP contribution is -2.50. The van der Waals surface area contributed by atoms with Crippen molar-refractivity contribution in [1.29, 1.82) is 0 Å². The molecule has 3 rings (SSSR count). The Morgan fingerprint density at radius 3 is 2.71 bits per heavy atom. The topological polar surface area (TPSA) is 72.7 Å². The molecule has 0 spiro atoms. The Bertz CT molecular complexity index is 695. The van der Waals surface area contributed by atoms with Gasteiger partial charge in [0.25, 0.3) is 0 Å².